The third-order valence-corrected chi connectivity index (χ3v) is 4.95. The first-order valence-electron chi connectivity index (χ1n) is 9.24. The highest BCUT2D eigenvalue weighted by atomic mass is 19.1. The number of aryl methyl sites for hydroxylation is 2. The van der Waals surface area contributed by atoms with E-state index in [1.807, 2.05) is 56.3 Å². The maximum Gasteiger partial charge on any atom is 0.344 e. The van der Waals surface area contributed by atoms with Gasteiger partial charge in [0, 0.05) is 0 Å². The summed E-state index contributed by atoms with van der Waals surface area (Å²) in [5.41, 5.74) is 3.19. The van der Waals surface area contributed by atoms with E-state index in [1.54, 1.807) is 12.1 Å². The number of para-hydroxylation sites is 1. The van der Waals surface area contributed by atoms with Gasteiger partial charge in [0.05, 0.1) is 5.56 Å². The third-order valence-electron chi connectivity index (χ3n) is 4.95. The molecule has 0 atom stereocenters. The second-order valence-corrected chi connectivity index (χ2v) is 7.02. The summed E-state index contributed by atoms with van der Waals surface area (Å²) in [6, 6.07) is 20.8. The molecule has 0 radical (unpaired) electrons. The average Bonchev–Trinajstić information content (AvgIpc) is 2.72. The van der Waals surface area contributed by atoms with Gasteiger partial charge >= 0.3 is 5.97 Å². The van der Waals surface area contributed by atoms with Crippen molar-refractivity contribution >= 4 is 16.7 Å². The van der Waals surface area contributed by atoms with Crippen molar-refractivity contribution in [1.29, 1.82) is 0 Å². The first-order valence-corrected chi connectivity index (χ1v) is 9.24. The van der Waals surface area contributed by atoms with Crippen molar-refractivity contribution in [3.63, 3.8) is 0 Å². The lowest BCUT2D eigenvalue weighted by Crippen LogP contribution is -2.11. The molecule has 0 aliphatic rings. The number of esters is 1. The topological polar surface area (TPSA) is 46.5 Å². The van der Waals surface area contributed by atoms with E-state index in [9.17, 15) is 14.3 Å². The molecule has 0 fully saturated rings. The highest BCUT2D eigenvalue weighted by Gasteiger charge is 2.19. The van der Waals surface area contributed by atoms with Gasteiger partial charge in [0.15, 0.2) is 11.6 Å². The van der Waals surface area contributed by atoms with Gasteiger partial charge in [-0.25, -0.2) is 9.18 Å². The molecule has 0 aliphatic carbocycles. The lowest BCUT2D eigenvalue weighted by Gasteiger charge is -2.14. The zero-order chi connectivity index (χ0) is 20.5. The number of fused-ring (bicyclic) bond motifs is 1. The van der Waals surface area contributed by atoms with Gasteiger partial charge in [-0.2, -0.15) is 0 Å². The fourth-order valence-corrected chi connectivity index (χ4v) is 3.44. The van der Waals surface area contributed by atoms with Crippen LogP contribution in [0, 0.1) is 19.7 Å². The first-order chi connectivity index (χ1) is 13.9. The predicted molar refractivity (Wildman–Crippen MR) is 112 cm³/mol. The maximum atomic E-state index is 14.0. The number of carbonyl (C=O) groups is 1. The van der Waals surface area contributed by atoms with Gasteiger partial charge in [-0.15, -0.1) is 0 Å². The first kappa shape index (κ1) is 18.7. The summed E-state index contributed by atoms with van der Waals surface area (Å²) in [5, 5.41) is 12.0. The van der Waals surface area contributed by atoms with Crippen LogP contribution in [0.4, 0.5) is 4.39 Å². The molecule has 144 valence electrons. The molecule has 4 aromatic carbocycles. The van der Waals surface area contributed by atoms with E-state index in [4.69, 9.17) is 4.74 Å². The lowest BCUT2D eigenvalue weighted by molar-refractivity contribution is 0.0729. The van der Waals surface area contributed by atoms with Gasteiger partial charge in [0.1, 0.15) is 5.75 Å². The van der Waals surface area contributed by atoms with Crippen LogP contribution in [0.5, 0.6) is 11.5 Å². The lowest BCUT2D eigenvalue weighted by atomic mass is 9.93. The highest BCUT2D eigenvalue weighted by molar-refractivity contribution is 6.04. The van der Waals surface area contributed by atoms with Gasteiger partial charge in [-0.05, 0) is 83.3 Å². The monoisotopic (exact) mass is 386 g/mol. The minimum atomic E-state index is -0.640. The smallest absolute Gasteiger partial charge is 0.344 e. The van der Waals surface area contributed by atoms with Gasteiger partial charge in [-0.1, -0.05) is 36.4 Å². The van der Waals surface area contributed by atoms with Crippen LogP contribution in [-0.4, -0.2) is 11.1 Å². The van der Waals surface area contributed by atoms with Gasteiger partial charge in [0.2, 0.25) is 0 Å². The fraction of sp³-hybridized carbons (Fsp3) is 0.0800. The fourth-order valence-electron chi connectivity index (χ4n) is 3.44. The Morgan fingerprint density at radius 3 is 2.10 bits per heavy atom. The van der Waals surface area contributed by atoms with Crippen LogP contribution in [0.3, 0.4) is 0 Å². The highest BCUT2D eigenvalue weighted by Crippen LogP contribution is 2.34. The second-order valence-electron chi connectivity index (χ2n) is 7.02. The molecule has 29 heavy (non-hydrogen) atoms. The Balaban J connectivity index is 1.89. The Hall–Kier alpha value is -3.66. The molecule has 0 saturated heterocycles. The molecule has 0 heterocycles. The molecule has 0 spiro atoms. The number of ether oxygens (including phenoxy) is 1. The second kappa shape index (κ2) is 7.40. The molecule has 4 aromatic rings. The van der Waals surface area contributed by atoms with E-state index in [2.05, 4.69) is 0 Å². The Bertz CT molecular complexity index is 1220. The quantitative estimate of drug-likeness (QED) is 0.337. The van der Waals surface area contributed by atoms with Crippen LogP contribution in [0.2, 0.25) is 0 Å². The Labute approximate surface area is 168 Å². The standard InChI is InChI=1S/C25H19FO3/c1-15-11-19(12-16(2)24(15)27)20-13-17-7-3-4-8-18(17)14-21(20)25(28)29-23-10-6-5-9-22(23)26/h3-14,27H,1-2H3. The number of hydrogen-bond acceptors (Lipinski definition) is 3. The average molecular weight is 386 g/mol. The van der Waals surface area contributed by atoms with Crippen LogP contribution < -0.4 is 4.74 Å². The van der Waals surface area contributed by atoms with E-state index in [0.29, 0.717) is 22.3 Å². The molecule has 0 saturated carbocycles. The number of aromatic hydroxyl groups is 1. The summed E-state index contributed by atoms with van der Waals surface area (Å²) < 4.78 is 19.4. The van der Waals surface area contributed by atoms with Crippen molar-refractivity contribution in [3.05, 3.63) is 95.3 Å². The molecule has 4 heteroatoms. The van der Waals surface area contributed by atoms with Gasteiger partial charge in [-0.3, -0.25) is 0 Å². The third kappa shape index (κ3) is 3.57. The van der Waals surface area contributed by atoms with Crippen LogP contribution >= 0.6 is 0 Å². The van der Waals surface area contributed by atoms with E-state index in [-0.39, 0.29) is 11.5 Å². The van der Waals surface area contributed by atoms with Crippen molar-refractivity contribution in [2.45, 2.75) is 13.8 Å². The van der Waals surface area contributed by atoms with Crippen LogP contribution in [-0.2, 0) is 0 Å². The molecule has 3 nitrogen and oxygen atoms in total. The van der Waals surface area contributed by atoms with E-state index >= 15 is 0 Å². The molecule has 0 unspecified atom stereocenters. The molecule has 4 rings (SSSR count). The summed E-state index contributed by atoms with van der Waals surface area (Å²) in [6.07, 6.45) is 0. The zero-order valence-corrected chi connectivity index (χ0v) is 16.1. The maximum absolute atomic E-state index is 14.0. The number of carbonyl (C=O) groups excluding carboxylic acids is 1. The van der Waals surface area contributed by atoms with Crippen molar-refractivity contribution in [2.75, 3.05) is 0 Å². The van der Waals surface area contributed by atoms with Crippen molar-refractivity contribution < 1.29 is 19.0 Å². The van der Waals surface area contributed by atoms with E-state index in [1.165, 1.54) is 18.2 Å². The zero-order valence-electron chi connectivity index (χ0n) is 16.1. The number of rotatable bonds is 3. The summed E-state index contributed by atoms with van der Waals surface area (Å²) in [4.78, 5) is 13.0. The van der Waals surface area contributed by atoms with Gasteiger partial charge in [0.25, 0.3) is 0 Å². The Morgan fingerprint density at radius 1 is 0.862 bits per heavy atom. The van der Waals surface area contributed by atoms with Gasteiger partial charge < -0.3 is 9.84 Å². The minimum Gasteiger partial charge on any atom is -0.507 e. The van der Waals surface area contributed by atoms with Crippen LogP contribution in [0.15, 0.2) is 72.8 Å². The van der Waals surface area contributed by atoms with E-state index < -0.39 is 11.8 Å². The predicted octanol–water partition coefficient (Wildman–Crippen LogP) is 6.19. The van der Waals surface area contributed by atoms with Crippen molar-refractivity contribution in [1.82, 2.24) is 0 Å². The summed E-state index contributed by atoms with van der Waals surface area (Å²) in [7, 11) is 0. The molecule has 0 amide bonds. The van der Waals surface area contributed by atoms with Crippen LogP contribution in [0.25, 0.3) is 21.9 Å². The number of benzene rings is 4. The van der Waals surface area contributed by atoms with Crippen LogP contribution in [0.1, 0.15) is 21.5 Å². The Morgan fingerprint density at radius 2 is 1.45 bits per heavy atom. The molecule has 1 N–H and O–H groups in total. The summed E-state index contributed by atoms with van der Waals surface area (Å²) in [5.74, 6) is -1.13. The van der Waals surface area contributed by atoms with Crippen molar-refractivity contribution in [3.8, 4) is 22.6 Å². The molecule has 0 aromatic heterocycles. The number of phenols is 1. The minimum absolute atomic E-state index is 0.116. The van der Waals surface area contributed by atoms with E-state index in [0.717, 1.165) is 16.3 Å². The summed E-state index contributed by atoms with van der Waals surface area (Å²) in [6.45, 7) is 3.62. The molecule has 0 bridgehead atoms. The Kier molecular flexibility index (Phi) is 4.77. The molecular formula is C25H19FO3. The number of halogens is 1. The van der Waals surface area contributed by atoms with Crippen molar-refractivity contribution in [2.24, 2.45) is 0 Å². The molecule has 0 aliphatic heterocycles. The number of hydrogen-bond donors (Lipinski definition) is 1. The largest absolute Gasteiger partial charge is 0.507 e. The summed E-state index contributed by atoms with van der Waals surface area (Å²) >= 11 is 0. The SMILES string of the molecule is Cc1cc(-c2cc3ccccc3cc2C(=O)Oc2ccccc2F)cc(C)c1O. The molecular weight excluding hydrogens is 367 g/mol. The number of phenolic OH excluding ortho intramolecular Hbond substituents is 1. The normalized spacial score (nSPS) is 10.9.